The second-order valence-electron chi connectivity index (χ2n) is 6.03. The monoisotopic (exact) mass is 317 g/mol. The van der Waals surface area contributed by atoms with Crippen LogP contribution in [0.5, 0.6) is 5.75 Å². The Kier molecular flexibility index (Phi) is 3.65. The van der Waals surface area contributed by atoms with Crippen LogP contribution in [-0.2, 0) is 6.42 Å². The number of aromatic nitrogens is 2. The van der Waals surface area contributed by atoms with E-state index in [4.69, 9.17) is 9.72 Å². The highest BCUT2D eigenvalue weighted by Crippen LogP contribution is 2.36. The molecule has 2 heterocycles. The third kappa shape index (κ3) is 2.50. The van der Waals surface area contributed by atoms with E-state index in [1.807, 2.05) is 36.5 Å². The molecule has 4 nitrogen and oxygen atoms in total. The van der Waals surface area contributed by atoms with E-state index in [0.717, 1.165) is 29.4 Å². The van der Waals surface area contributed by atoms with Crippen LogP contribution in [0.3, 0.4) is 0 Å². The Morgan fingerprint density at radius 1 is 1.08 bits per heavy atom. The van der Waals surface area contributed by atoms with Crippen LogP contribution >= 0.6 is 0 Å². The smallest absolute Gasteiger partial charge is 0.230 e. The van der Waals surface area contributed by atoms with E-state index in [1.165, 1.54) is 11.3 Å². The summed E-state index contributed by atoms with van der Waals surface area (Å²) < 4.78 is 5.32. The predicted molar refractivity (Wildman–Crippen MR) is 95.8 cm³/mol. The average Bonchev–Trinajstić information content (AvgIpc) is 2.97. The molecule has 24 heavy (non-hydrogen) atoms. The summed E-state index contributed by atoms with van der Waals surface area (Å²) in [6.07, 6.45) is 2.84. The van der Waals surface area contributed by atoms with E-state index in [1.54, 1.807) is 7.11 Å². The van der Waals surface area contributed by atoms with Crippen LogP contribution < -0.4 is 9.64 Å². The minimum absolute atomic E-state index is 0.350. The fraction of sp³-hybridized carbons (Fsp3) is 0.200. The van der Waals surface area contributed by atoms with Crippen molar-refractivity contribution in [3.8, 4) is 17.0 Å². The summed E-state index contributed by atoms with van der Waals surface area (Å²) in [4.78, 5) is 11.6. The molecule has 4 heteroatoms. The number of fused-ring (bicyclic) bond motifs is 1. The first-order valence-corrected chi connectivity index (χ1v) is 8.11. The molecule has 0 saturated heterocycles. The van der Waals surface area contributed by atoms with Crippen molar-refractivity contribution in [1.29, 1.82) is 0 Å². The quantitative estimate of drug-likeness (QED) is 0.724. The minimum atomic E-state index is 0.350. The Bertz CT molecular complexity index is 878. The van der Waals surface area contributed by atoms with E-state index in [2.05, 4.69) is 41.1 Å². The van der Waals surface area contributed by atoms with E-state index >= 15 is 0 Å². The van der Waals surface area contributed by atoms with Crippen molar-refractivity contribution >= 4 is 11.6 Å². The third-order valence-electron chi connectivity index (χ3n) is 4.43. The zero-order valence-corrected chi connectivity index (χ0v) is 13.8. The SMILES string of the molecule is COc1cccc(-c2ccnc(N3c4ccccc4CC3C)n2)c1. The summed E-state index contributed by atoms with van der Waals surface area (Å²) in [6.45, 7) is 2.21. The fourth-order valence-corrected chi connectivity index (χ4v) is 3.28. The van der Waals surface area contributed by atoms with Crippen molar-refractivity contribution in [1.82, 2.24) is 9.97 Å². The largest absolute Gasteiger partial charge is 0.497 e. The first-order valence-electron chi connectivity index (χ1n) is 8.11. The number of hydrogen-bond acceptors (Lipinski definition) is 4. The van der Waals surface area contributed by atoms with E-state index in [9.17, 15) is 0 Å². The molecule has 0 saturated carbocycles. The molecule has 4 rings (SSSR count). The van der Waals surface area contributed by atoms with Crippen molar-refractivity contribution in [3.63, 3.8) is 0 Å². The summed E-state index contributed by atoms with van der Waals surface area (Å²) in [6, 6.07) is 18.7. The van der Waals surface area contributed by atoms with Gasteiger partial charge in [-0.05, 0) is 43.2 Å². The van der Waals surface area contributed by atoms with Crippen molar-refractivity contribution < 1.29 is 4.74 Å². The molecular weight excluding hydrogens is 298 g/mol. The Hall–Kier alpha value is -2.88. The summed E-state index contributed by atoms with van der Waals surface area (Å²) in [7, 11) is 1.67. The Morgan fingerprint density at radius 3 is 2.83 bits per heavy atom. The van der Waals surface area contributed by atoms with Crippen LogP contribution in [0.15, 0.2) is 60.8 Å². The number of benzene rings is 2. The Morgan fingerprint density at radius 2 is 1.96 bits per heavy atom. The molecule has 1 atom stereocenters. The van der Waals surface area contributed by atoms with E-state index in [0.29, 0.717) is 6.04 Å². The number of methoxy groups -OCH3 is 1. The minimum Gasteiger partial charge on any atom is -0.497 e. The van der Waals surface area contributed by atoms with Gasteiger partial charge < -0.3 is 9.64 Å². The Balaban J connectivity index is 1.75. The van der Waals surface area contributed by atoms with Gasteiger partial charge in [-0.25, -0.2) is 9.97 Å². The number of rotatable bonds is 3. The van der Waals surface area contributed by atoms with Gasteiger partial charge in [0.2, 0.25) is 5.95 Å². The summed E-state index contributed by atoms with van der Waals surface area (Å²) in [5.41, 5.74) is 4.47. The average molecular weight is 317 g/mol. The molecule has 0 radical (unpaired) electrons. The lowest BCUT2D eigenvalue weighted by molar-refractivity contribution is 0.415. The van der Waals surface area contributed by atoms with Gasteiger partial charge in [-0.2, -0.15) is 0 Å². The number of hydrogen-bond donors (Lipinski definition) is 0. The van der Waals surface area contributed by atoms with Gasteiger partial charge in [-0.15, -0.1) is 0 Å². The second-order valence-corrected chi connectivity index (χ2v) is 6.03. The van der Waals surface area contributed by atoms with Gasteiger partial charge in [0.15, 0.2) is 0 Å². The van der Waals surface area contributed by atoms with Gasteiger partial charge in [0, 0.05) is 23.5 Å². The van der Waals surface area contributed by atoms with Gasteiger partial charge in [0.1, 0.15) is 5.75 Å². The first-order chi connectivity index (χ1) is 11.8. The molecule has 0 N–H and O–H groups in total. The molecule has 2 aromatic carbocycles. The first kappa shape index (κ1) is 14.7. The zero-order valence-electron chi connectivity index (χ0n) is 13.8. The van der Waals surface area contributed by atoms with Crippen LogP contribution in [-0.4, -0.2) is 23.1 Å². The van der Waals surface area contributed by atoms with Crippen LogP contribution in [0.1, 0.15) is 12.5 Å². The highest BCUT2D eigenvalue weighted by molar-refractivity contribution is 5.69. The van der Waals surface area contributed by atoms with E-state index < -0.39 is 0 Å². The number of nitrogens with zero attached hydrogens (tertiary/aromatic N) is 3. The molecule has 1 aliphatic heterocycles. The predicted octanol–water partition coefficient (Wildman–Crippen LogP) is 4.23. The third-order valence-corrected chi connectivity index (χ3v) is 4.43. The van der Waals surface area contributed by atoms with Gasteiger partial charge >= 0.3 is 0 Å². The highest BCUT2D eigenvalue weighted by Gasteiger charge is 2.28. The van der Waals surface area contributed by atoms with E-state index in [-0.39, 0.29) is 0 Å². The summed E-state index contributed by atoms with van der Waals surface area (Å²) >= 11 is 0. The summed E-state index contributed by atoms with van der Waals surface area (Å²) in [5, 5.41) is 0. The molecule has 1 aliphatic rings. The normalized spacial score (nSPS) is 16.1. The highest BCUT2D eigenvalue weighted by atomic mass is 16.5. The van der Waals surface area contributed by atoms with Crippen molar-refractivity contribution in [2.75, 3.05) is 12.0 Å². The maximum absolute atomic E-state index is 5.32. The molecule has 0 spiro atoms. The van der Waals surface area contributed by atoms with Crippen molar-refractivity contribution in [2.45, 2.75) is 19.4 Å². The molecule has 0 amide bonds. The molecule has 0 aliphatic carbocycles. The van der Waals surface area contributed by atoms with Crippen LogP contribution in [0.25, 0.3) is 11.3 Å². The van der Waals surface area contributed by atoms with Crippen LogP contribution in [0.4, 0.5) is 11.6 Å². The van der Waals surface area contributed by atoms with Gasteiger partial charge in [-0.1, -0.05) is 30.3 Å². The molecule has 1 aromatic heterocycles. The number of para-hydroxylation sites is 1. The maximum atomic E-state index is 5.32. The zero-order chi connectivity index (χ0) is 16.5. The van der Waals surface area contributed by atoms with Gasteiger partial charge in [0.05, 0.1) is 12.8 Å². The molecular formula is C20H19N3O. The lowest BCUT2D eigenvalue weighted by atomic mass is 10.1. The Labute approximate surface area is 141 Å². The lowest BCUT2D eigenvalue weighted by Crippen LogP contribution is -2.25. The maximum Gasteiger partial charge on any atom is 0.230 e. The van der Waals surface area contributed by atoms with Crippen molar-refractivity contribution in [3.05, 3.63) is 66.4 Å². The van der Waals surface area contributed by atoms with Crippen molar-refractivity contribution in [2.24, 2.45) is 0 Å². The second kappa shape index (κ2) is 5.96. The van der Waals surface area contributed by atoms with Gasteiger partial charge in [0.25, 0.3) is 0 Å². The molecule has 3 aromatic rings. The van der Waals surface area contributed by atoms with Crippen LogP contribution in [0, 0.1) is 0 Å². The number of ether oxygens (including phenoxy) is 1. The fourth-order valence-electron chi connectivity index (χ4n) is 3.28. The number of anilines is 2. The van der Waals surface area contributed by atoms with Crippen LogP contribution in [0.2, 0.25) is 0 Å². The molecule has 1 unspecified atom stereocenters. The lowest BCUT2D eigenvalue weighted by Gasteiger charge is -2.22. The molecule has 0 bridgehead atoms. The molecule has 0 fully saturated rings. The van der Waals surface area contributed by atoms with Gasteiger partial charge in [-0.3, -0.25) is 0 Å². The molecule has 120 valence electrons. The standard InChI is InChI=1S/C20H19N3O/c1-14-12-16-6-3-4-9-19(16)23(14)20-21-11-10-18(22-20)15-7-5-8-17(13-15)24-2/h3-11,13-14H,12H2,1-2H3. The topological polar surface area (TPSA) is 38.2 Å². The summed E-state index contributed by atoms with van der Waals surface area (Å²) in [5.74, 6) is 1.57.